The zero-order chi connectivity index (χ0) is 17.5. The van der Waals surface area contributed by atoms with Crippen molar-refractivity contribution in [1.82, 2.24) is 4.90 Å². The van der Waals surface area contributed by atoms with E-state index in [-0.39, 0.29) is 17.6 Å². The van der Waals surface area contributed by atoms with Gasteiger partial charge < -0.3 is 14.6 Å². The van der Waals surface area contributed by atoms with Gasteiger partial charge in [-0.25, -0.2) is 0 Å². The van der Waals surface area contributed by atoms with E-state index in [1.807, 2.05) is 0 Å². The van der Waals surface area contributed by atoms with Gasteiger partial charge in [0.05, 0.1) is 13.2 Å². The van der Waals surface area contributed by atoms with Crippen LogP contribution in [0, 0.1) is 11.8 Å². The number of aliphatic hydroxyl groups is 1. The Labute approximate surface area is 155 Å². The lowest BCUT2D eigenvalue weighted by Gasteiger charge is -2.59. The van der Waals surface area contributed by atoms with E-state index in [4.69, 9.17) is 9.47 Å². The molecule has 1 aromatic carbocycles. The van der Waals surface area contributed by atoms with Crippen LogP contribution < -0.4 is 9.47 Å². The smallest absolute Gasteiger partial charge is 0.165 e. The van der Waals surface area contributed by atoms with Crippen LogP contribution in [-0.4, -0.2) is 48.5 Å². The van der Waals surface area contributed by atoms with Gasteiger partial charge in [0.25, 0.3) is 0 Å². The molecule has 1 saturated heterocycles. The highest BCUT2D eigenvalue weighted by molar-refractivity contribution is 5.61. The molecular weight excluding hydrogens is 326 g/mol. The minimum atomic E-state index is -0.354. The van der Waals surface area contributed by atoms with Crippen molar-refractivity contribution in [2.75, 3.05) is 20.2 Å². The Morgan fingerprint density at radius 1 is 1.27 bits per heavy atom. The molecule has 5 atom stereocenters. The Hall–Kier alpha value is -1.26. The van der Waals surface area contributed by atoms with Crippen LogP contribution in [0.1, 0.15) is 49.7 Å². The summed E-state index contributed by atoms with van der Waals surface area (Å²) in [5.74, 6) is 3.31. The lowest BCUT2D eigenvalue weighted by Crippen LogP contribution is -2.67. The molecule has 1 N–H and O–H groups in total. The molecule has 2 bridgehead atoms. The lowest BCUT2D eigenvalue weighted by atomic mass is 9.51. The third kappa shape index (κ3) is 1.83. The first-order chi connectivity index (χ1) is 12.7. The fourth-order valence-electron chi connectivity index (χ4n) is 6.98. The molecule has 3 aliphatic carbocycles. The Morgan fingerprint density at radius 3 is 2.92 bits per heavy atom. The summed E-state index contributed by atoms with van der Waals surface area (Å²) in [7, 11) is 1.72. The van der Waals surface area contributed by atoms with Crippen molar-refractivity contribution >= 4 is 0 Å². The maximum Gasteiger partial charge on any atom is 0.165 e. The normalized spacial score (nSPS) is 40.5. The molecule has 1 spiro atoms. The van der Waals surface area contributed by atoms with Gasteiger partial charge >= 0.3 is 0 Å². The number of methoxy groups -OCH3 is 1. The molecule has 3 fully saturated rings. The van der Waals surface area contributed by atoms with Gasteiger partial charge in [-0.15, -0.1) is 0 Å². The van der Waals surface area contributed by atoms with Crippen molar-refractivity contribution in [3.63, 3.8) is 0 Å². The van der Waals surface area contributed by atoms with Gasteiger partial charge in [-0.2, -0.15) is 0 Å². The number of benzene rings is 1. The lowest BCUT2D eigenvalue weighted by molar-refractivity contribution is -0.107. The van der Waals surface area contributed by atoms with Crippen molar-refractivity contribution in [1.29, 1.82) is 0 Å². The average Bonchev–Trinajstić information content (AvgIpc) is 2.96. The second kappa shape index (κ2) is 5.39. The first-order valence-corrected chi connectivity index (χ1v) is 10.5. The Balaban J connectivity index is 1.47. The number of piperidine rings is 1. The highest BCUT2D eigenvalue weighted by atomic mass is 16.5. The van der Waals surface area contributed by atoms with Crippen molar-refractivity contribution in [3.8, 4) is 11.5 Å². The molecule has 2 heterocycles. The third-order valence-corrected chi connectivity index (χ3v) is 8.32. The summed E-state index contributed by atoms with van der Waals surface area (Å²) in [5, 5.41) is 10.8. The van der Waals surface area contributed by atoms with E-state index in [1.165, 1.54) is 36.9 Å². The van der Waals surface area contributed by atoms with Crippen LogP contribution in [0.3, 0.4) is 0 Å². The van der Waals surface area contributed by atoms with Crippen LogP contribution in [0.4, 0.5) is 0 Å². The monoisotopic (exact) mass is 355 g/mol. The summed E-state index contributed by atoms with van der Waals surface area (Å²) in [6.45, 7) is 2.43. The highest BCUT2D eigenvalue weighted by Crippen LogP contribution is 2.64. The standard InChI is InChI=1S/C22H29NO3/c1-25-18-8-5-14-11-16-15-6-7-17(24)21-22(15,19(14)20(18)26-21)9-10-23(16)12-13-3-2-4-13/h5,8,13,15-17,21,24H,2-4,6-7,9-12H2,1H3/t15-,16+,17?,21-,22-/m0/s1. The third-order valence-electron chi connectivity index (χ3n) is 8.32. The van der Waals surface area contributed by atoms with Crippen LogP contribution in [-0.2, 0) is 11.8 Å². The SMILES string of the molecule is COc1ccc2c3c1O[C@H]1C(O)CC[C@H]4[C@@H](C2)N(CC2CCC2)CC[C@]314. The number of rotatable bonds is 3. The van der Waals surface area contributed by atoms with Gasteiger partial charge in [-0.3, -0.25) is 4.90 Å². The average molecular weight is 355 g/mol. The summed E-state index contributed by atoms with van der Waals surface area (Å²) in [4.78, 5) is 2.81. The molecule has 5 aliphatic rings. The maximum absolute atomic E-state index is 10.8. The summed E-state index contributed by atoms with van der Waals surface area (Å²) in [6.07, 6.45) is 8.08. The molecule has 4 nitrogen and oxygen atoms in total. The van der Waals surface area contributed by atoms with Crippen molar-refractivity contribution in [3.05, 3.63) is 23.3 Å². The van der Waals surface area contributed by atoms with Crippen LogP contribution in [0.5, 0.6) is 11.5 Å². The first-order valence-electron chi connectivity index (χ1n) is 10.5. The predicted octanol–water partition coefficient (Wildman–Crippen LogP) is 2.90. The Kier molecular flexibility index (Phi) is 3.27. The second-order valence-corrected chi connectivity index (χ2v) is 9.27. The fourth-order valence-corrected chi connectivity index (χ4v) is 6.98. The van der Waals surface area contributed by atoms with Crippen molar-refractivity contribution in [2.24, 2.45) is 11.8 Å². The van der Waals surface area contributed by atoms with E-state index in [0.717, 1.165) is 49.6 Å². The Bertz CT molecular complexity index is 745. The number of hydrogen-bond donors (Lipinski definition) is 1. The zero-order valence-electron chi connectivity index (χ0n) is 15.6. The van der Waals surface area contributed by atoms with Crippen molar-refractivity contribution in [2.45, 2.75) is 68.6 Å². The van der Waals surface area contributed by atoms with Gasteiger partial charge in [0.15, 0.2) is 11.5 Å². The zero-order valence-corrected chi connectivity index (χ0v) is 15.6. The van der Waals surface area contributed by atoms with Crippen LogP contribution in [0.2, 0.25) is 0 Å². The summed E-state index contributed by atoms with van der Waals surface area (Å²) < 4.78 is 12.1. The van der Waals surface area contributed by atoms with Crippen LogP contribution in [0.25, 0.3) is 0 Å². The van der Waals surface area contributed by atoms with Gasteiger partial charge in [0, 0.05) is 23.6 Å². The second-order valence-electron chi connectivity index (χ2n) is 9.27. The van der Waals surface area contributed by atoms with E-state index in [2.05, 4.69) is 17.0 Å². The molecule has 0 radical (unpaired) electrons. The van der Waals surface area contributed by atoms with Gasteiger partial charge in [-0.1, -0.05) is 12.5 Å². The van der Waals surface area contributed by atoms with E-state index in [9.17, 15) is 5.11 Å². The van der Waals surface area contributed by atoms with Crippen molar-refractivity contribution < 1.29 is 14.6 Å². The molecule has 1 unspecified atom stereocenters. The van der Waals surface area contributed by atoms with Crippen LogP contribution in [0.15, 0.2) is 12.1 Å². The summed E-state index contributed by atoms with van der Waals surface area (Å²) in [5.41, 5.74) is 2.85. The Morgan fingerprint density at radius 2 is 2.15 bits per heavy atom. The van der Waals surface area contributed by atoms with Gasteiger partial charge in [-0.05, 0) is 68.5 Å². The molecule has 2 saturated carbocycles. The summed E-state index contributed by atoms with van der Waals surface area (Å²) >= 11 is 0. The van der Waals surface area contributed by atoms with E-state index >= 15 is 0 Å². The largest absolute Gasteiger partial charge is 0.493 e. The maximum atomic E-state index is 10.8. The summed E-state index contributed by atoms with van der Waals surface area (Å²) in [6, 6.07) is 4.96. The number of aliphatic hydroxyl groups excluding tert-OH is 1. The number of likely N-dealkylation sites (tertiary alicyclic amines) is 1. The molecule has 26 heavy (non-hydrogen) atoms. The number of ether oxygens (including phenoxy) is 2. The van der Waals surface area contributed by atoms with E-state index in [0.29, 0.717) is 12.0 Å². The molecule has 6 rings (SSSR count). The molecule has 0 aromatic heterocycles. The van der Waals surface area contributed by atoms with Crippen LogP contribution >= 0.6 is 0 Å². The topological polar surface area (TPSA) is 41.9 Å². The van der Waals surface area contributed by atoms with Gasteiger partial charge in [0.2, 0.25) is 0 Å². The molecule has 140 valence electrons. The molecule has 0 amide bonds. The molecule has 1 aromatic rings. The van der Waals surface area contributed by atoms with Gasteiger partial charge in [0.1, 0.15) is 6.10 Å². The van der Waals surface area contributed by atoms with E-state index < -0.39 is 0 Å². The number of nitrogens with zero attached hydrogens (tertiary/aromatic N) is 1. The quantitative estimate of drug-likeness (QED) is 0.905. The number of hydrogen-bond acceptors (Lipinski definition) is 4. The fraction of sp³-hybridized carbons (Fsp3) is 0.727. The molecule has 2 aliphatic heterocycles. The minimum Gasteiger partial charge on any atom is -0.493 e. The highest BCUT2D eigenvalue weighted by Gasteiger charge is 2.65. The molecule has 4 heteroatoms. The first kappa shape index (κ1) is 15.8. The minimum absolute atomic E-state index is 0.00982. The predicted molar refractivity (Wildman–Crippen MR) is 98.8 cm³/mol. The van der Waals surface area contributed by atoms with E-state index in [1.54, 1.807) is 7.11 Å². The molecular formula is C22H29NO3.